The largest absolute Gasteiger partial charge is 0.389 e. The summed E-state index contributed by atoms with van der Waals surface area (Å²) < 4.78 is 0. The summed E-state index contributed by atoms with van der Waals surface area (Å²) in [6.45, 7) is 6.53. The van der Waals surface area contributed by atoms with Gasteiger partial charge < -0.3 is 10.0 Å². The lowest BCUT2D eigenvalue weighted by Crippen LogP contribution is -2.32. The number of benzene rings is 1. The van der Waals surface area contributed by atoms with Crippen molar-refractivity contribution in [3.63, 3.8) is 0 Å². The Morgan fingerprint density at radius 3 is 2.47 bits per heavy atom. The van der Waals surface area contributed by atoms with E-state index in [1.54, 1.807) is 0 Å². The highest BCUT2D eigenvalue weighted by Crippen LogP contribution is 2.26. The molecule has 0 aliphatic carbocycles. The van der Waals surface area contributed by atoms with Gasteiger partial charge in [0.15, 0.2) is 0 Å². The fraction of sp³-hybridized carbons (Fsp3) is 0.647. The van der Waals surface area contributed by atoms with Crippen LogP contribution in [0.5, 0.6) is 0 Å². The highest BCUT2D eigenvalue weighted by atomic mass is 16.3. The van der Waals surface area contributed by atoms with E-state index in [0.29, 0.717) is 5.92 Å². The third kappa shape index (κ3) is 4.05. The fourth-order valence-corrected chi connectivity index (χ4v) is 2.89. The molecule has 1 unspecified atom stereocenters. The van der Waals surface area contributed by atoms with Crippen LogP contribution in [0.25, 0.3) is 0 Å². The average molecular weight is 261 g/mol. The average Bonchev–Trinajstić information content (AvgIpc) is 2.52. The summed E-state index contributed by atoms with van der Waals surface area (Å²) in [5, 5.41) is 10.8. The van der Waals surface area contributed by atoms with Crippen molar-refractivity contribution in [3.8, 4) is 0 Å². The van der Waals surface area contributed by atoms with Gasteiger partial charge >= 0.3 is 0 Å². The Bertz CT molecular complexity index is 398. The molecule has 1 aliphatic heterocycles. The number of nitrogens with zero attached hydrogens (tertiary/aromatic N) is 1. The van der Waals surface area contributed by atoms with E-state index >= 15 is 0 Å². The zero-order valence-electron chi connectivity index (χ0n) is 12.5. The van der Waals surface area contributed by atoms with E-state index in [1.807, 2.05) is 0 Å². The molecule has 1 atom stereocenters. The van der Waals surface area contributed by atoms with E-state index < -0.39 is 5.60 Å². The Kier molecular flexibility index (Phi) is 4.64. The number of rotatable bonds is 3. The lowest BCUT2D eigenvalue weighted by molar-refractivity contribution is 0.0263. The minimum absolute atomic E-state index is 0.510. The van der Waals surface area contributed by atoms with E-state index in [0.717, 1.165) is 38.8 Å². The predicted octanol–water partition coefficient (Wildman–Crippen LogP) is 3.20. The van der Waals surface area contributed by atoms with Gasteiger partial charge in [0.1, 0.15) is 0 Å². The van der Waals surface area contributed by atoms with Crippen molar-refractivity contribution in [2.45, 2.75) is 51.0 Å². The highest BCUT2D eigenvalue weighted by Gasteiger charge is 2.29. The van der Waals surface area contributed by atoms with Gasteiger partial charge in [-0.15, -0.1) is 0 Å². The molecule has 0 bridgehead atoms. The lowest BCUT2D eigenvalue weighted by Gasteiger charge is -2.27. The molecular formula is C17H27NO. The molecule has 0 amide bonds. The van der Waals surface area contributed by atoms with Crippen LogP contribution in [0.4, 0.5) is 0 Å². The smallest absolute Gasteiger partial charge is 0.0700 e. The van der Waals surface area contributed by atoms with Crippen LogP contribution in [-0.2, 0) is 6.42 Å². The van der Waals surface area contributed by atoms with Crippen LogP contribution < -0.4 is 0 Å². The van der Waals surface area contributed by atoms with Crippen LogP contribution in [0, 0.1) is 0 Å². The maximum Gasteiger partial charge on any atom is 0.0700 e. The molecule has 1 aliphatic rings. The monoisotopic (exact) mass is 261 g/mol. The number of hydrogen-bond acceptors (Lipinski definition) is 2. The van der Waals surface area contributed by atoms with E-state index in [1.165, 1.54) is 11.1 Å². The Labute approximate surface area is 117 Å². The summed E-state index contributed by atoms with van der Waals surface area (Å²) in [6.07, 6.45) is 3.69. The first kappa shape index (κ1) is 14.5. The van der Waals surface area contributed by atoms with Gasteiger partial charge in [-0.05, 0) is 49.9 Å². The zero-order chi connectivity index (χ0) is 13.9. The van der Waals surface area contributed by atoms with Gasteiger partial charge in [-0.1, -0.05) is 38.1 Å². The second kappa shape index (κ2) is 6.06. The minimum Gasteiger partial charge on any atom is -0.389 e. The standard InChI is InChI=1S/C17H27NO/c1-14(2)16-7-5-15(6-8-16)13-17(19)9-4-11-18(3)12-10-17/h5-8,14,19H,4,9-13H2,1-3H3. The minimum atomic E-state index is -0.510. The summed E-state index contributed by atoms with van der Waals surface area (Å²) >= 11 is 0. The van der Waals surface area contributed by atoms with E-state index in [9.17, 15) is 5.11 Å². The molecule has 2 nitrogen and oxygen atoms in total. The first-order chi connectivity index (χ1) is 8.98. The van der Waals surface area contributed by atoms with Crippen LogP contribution in [-0.4, -0.2) is 35.7 Å². The summed E-state index contributed by atoms with van der Waals surface area (Å²) in [6, 6.07) is 8.77. The molecule has 2 heteroatoms. The number of likely N-dealkylation sites (tertiary alicyclic amines) is 1. The fourth-order valence-electron chi connectivity index (χ4n) is 2.89. The molecular weight excluding hydrogens is 234 g/mol. The van der Waals surface area contributed by atoms with Crippen molar-refractivity contribution in [1.82, 2.24) is 4.90 Å². The quantitative estimate of drug-likeness (QED) is 0.903. The zero-order valence-corrected chi connectivity index (χ0v) is 12.5. The molecule has 1 saturated heterocycles. The van der Waals surface area contributed by atoms with Crippen LogP contribution in [0.2, 0.25) is 0 Å². The molecule has 0 spiro atoms. The van der Waals surface area contributed by atoms with E-state index in [2.05, 4.69) is 50.1 Å². The molecule has 1 aromatic carbocycles. The normalized spacial score (nSPS) is 25.5. The molecule has 1 heterocycles. The summed E-state index contributed by atoms with van der Waals surface area (Å²) in [7, 11) is 2.14. The highest BCUT2D eigenvalue weighted by molar-refractivity contribution is 5.25. The van der Waals surface area contributed by atoms with Crippen LogP contribution >= 0.6 is 0 Å². The van der Waals surface area contributed by atoms with E-state index in [4.69, 9.17) is 0 Å². The van der Waals surface area contributed by atoms with Gasteiger partial charge in [-0.2, -0.15) is 0 Å². The van der Waals surface area contributed by atoms with Crippen molar-refractivity contribution in [1.29, 1.82) is 0 Å². The van der Waals surface area contributed by atoms with Crippen molar-refractivity contribution in [2.24, 2.45) is 0 Å². The van der Waals surface area contributed by atoms with Gasteiger partial charge in [-0.3, -0.25) is 0 Å². The van der Waals surface area contributed by atoms with Crippen molar-refractivity contribution in [2.75, 3.05) is 20.1 Å². The predicted molar refractivity (Wildman–Crippen MR) is 80.5 cm³/mol. The first-order valence-corrected chi connectivity index (χ1v) is 7.48. The van der Waals surface area contributed by atoms with Gasteiger partial charge in [0, 0.05) is 13.0 Å². The Morgan fingerprint density at radius 1 is 1.16 bits per heavy atom. The van der Waals surface area contributed by atoms with Gasteiger partial charge in [0.05, 0.1) is 5.60 Å². The van der Waals surface area contributed by atoms with Crippen LogP contribution in [0.15, 0.2) is 24.3 Å². The third-order valence-corrected chi connectivity index (χ3v) is 4.32. The third-order valence-electron chi connectivity index (χ3n) is 4.32. The topological polar surface area (TPSA) is 23.5 Å². The number of hydrogen-bond donors (Lipinski definition) is 1. The number of aliphatic hydroxyl groups is 1. The SMILES string of the molecule is CC(C)c1ccc(CC2(O)CCCN(C)CC2)cc1. The molecule has 19 heavy (non-hydrogen) atoms. The van der Waals surface area contributed by atoms with Crippen molar-refractivity contribution >= 4 is 0 Å². The molecule has 0 radical (unpaired) electrons. The Hall–Kier alpha value is -0.860. The molecule has 1 aromatic rings. The second-order valence-corrected chi connectivity index (χ2v) is 6.45. The van der Waals surface area contributed by atoms with Gasteiger partial charge in [0.25, 0.3) is 0 Å². The Morgan fingerprint density at radius 2 is 1.84 bits per heavy atom. The second-order valence-electron chi connectivity index (χ2n) is 6.45. The molecule has 1 N–H and O–H groups in total. The molecule has 0 saturated carbocycles. The summed E-state index contributed by atoms with van der Waals surface area (Å²) in [5.41, 5.74) is 2.12. The molecule has 106 valence electrons. The lowest BCUT2D eigenvalue weighted by atomic mass is 9.87. The van der Waals surface area contributed by atoms with Gasteiger partial charge in [-0.25, -0.2) is 0 Å². The Balaban J connectivity index is 2.02. The van der Waals surface area contributed by atoms with E-state index in [-0.39, 0.29) is 0 Å². The van der Waals surface area contributed by atoms with Gasteiger partial charge in [0.2, 0.25) is 0 Å². The molecule has 2 rings (SSSR count). The van der Waals surface area contributed by atoms with Crippen LogP contribution in [0.3, 0.4) is 0 Å². The molecule has 0 aromatic heterocycles. The summed E-state index contributed by atoms with van der Waals surface area (Å²) in [5.74, 6) is 0.573. The van der Waals surface area contributed by atoms with Crippen molar-refractivity contribution in [3.05, 3.63) is 35.4 Å². The maximum atomic E-state index is 10.8. The first-order valence-electron chi connectivity index (χ1n) is 7.48. The van der Waals surface area contributed by atoms with Crippen molar-refractivity contribution < 1.29 is 5.11 Å². The van der Waals surface area contributed by atoms with Crippen LogP contribution in [0.1, 0.15) is 50.2 Å². The summed E-state index contributed by atoms with van der Waals surface area (Å²) in [4.78, 5) is 2.32. The maximum absolute atomic E-state index is 10.8. The molecule has 1 fully saturated rings.